The minimum Gasteiger partial charge on any atom is -0.461 e. The van der Waals surface area contributed by atoms with Crippen LogP contribution in [0.1, 0.15) is 28.0 Å². The highest BCUT2D eigenvalue weighted by atomic mass is 32.2. The maximum absolute atomic E-state index is 11.6. The van der Waals surface area contributed by atoms with Gasteiger partial charge in [-0.1, -0.05) is 0 Å². The van der Waals surface area contributed by atoms with Crippen LogP contribution >= 0.6 is 11.8 Å². The molecule has 82 valence electrons. The first-order chi connectivity index (χ1) is 7.15. The molecule has 0 aromatic carbocycles. The van der Waals surface area contributed by atoms with Crippen LogP contribution in [-0.2, 0) is 11.8 Å². The molecule has 0 atom stereocenters. The van der Waals surface area contributed by atoms with Crippen LogP contribution in [0.3, 0.4) is 0 Å². The monoisotopic (exact) mass is 228 g/mol. The number of esters is 1. The smallest absolute Gasteiger partial charge is 0.357 e. The number of nitrogens with zero attached hydrogens (tertiary/aromatic N) is 2. The van der Waals surface area contributed by atoms with E-state index in [0.29, 0.717) is 23.6 Å². The Hall–Kier alpha value is -1.30. The van der Waals surface area contributed by atoms with Crippen LogP contribution < -0.4 is 0 Å². The molecule has 5 nitrogen and oxygen atoms in total. The van der Waals surface area contributed by atoms with E-state index < -0.39 is 5.97 Å². The Morgan fingerprint density at radius 1 is 1.67 bits per heavy atom. The predicted octanol–water partition coefficient (Wildman–Crippen LogP) is 1.13. The highest BCUT2D eigenvalue weighted by molar-refractivity contribution is 7.98. The fourth-order valence-electron chi connectivity index (χ4n) is 1.16. The fourth-order valence-corrected chi connectivity index (χ4v) is 1.76. The number of aromatic nitrogens is 2. The van der Waals surface area contributed by atoms with Crippen molar-refractivity contribution in [2.45, 2.75) is 11.9 Å². The normalized spacial score (nSPS) is 10.1. The maximum atomic E-state index is 11.6. The van der Waals surface area contributed by atoms with Gasteiger partial charge in [-0.15, -0.1) is 11.8 Å². The van der Waals surface area contributed by atoms with E-state index in [1.54, 1.807) is 20.2 Å². The van der Waals surface area contributed by atoms with Crippen molar-refractivity contribution < 1.29 is 14.3 Å². The van der Waals surface area contributed by atoms with Gasteiger partial charge in [0, 0.05) is 7.05 Å². The lowest BCUT2D eigenvalue weighted by atomic mass is 10.5. The molecule has 0 unspecified atom stereocenters. The van der Waals surface area contributed by atoms with E-state index >= 15 is 0 Å². The summed E-state index contributed by atoms with van der Waals surface area (Å²) >= 11 is 1.31. The Morgan fingerprint density at radius 2 is 2.33 bits per heavy atom. The fraction of sp³-hybridized carbons (Fsp3) is 0.444. The molecule has 1 aromatic rings. The summed E-state index contributed by atoms with van der Waals surface area (Å²) in [4.78, 5) is 26.2. The Bertz CT molecular complexity index is 387. The Kier molecular flexibility index (Phi) is 3.90. The number of ether oxygens (including phenoxy) is 1. The Morgan fingerprint density at radius 3 is 2.80 bits per heavy atom. The number of aldehydes is 1. The Balaban J connectivity index is 3.19. The van der Waals surface area contributed by atoms with Crippen molar-refractivity contribution in [2.75, 3.05) is 12.9 Å². The number of rotatable bonds is 4. The lowest BCUT2D eigenvalue weighted by Crippen LogP contribution is -2.12. The first-order valence-corrected chi connectivity index (χ1v) is 5.61. The van der Waals surface area contributed by atoms with Gasteiger partial charge in [-0.05, 0) is 13.2 Å². The van der Waals surface area contributed by atoms with E-state index in [-0.39, 0.29) is 5.82 Å². The highest BCUT2D eigenvalue weighted by Gasteiger charge is 2.21. The number of hydrogen-bond donors (Lipinski definition) is 0. The molecular weight excluding hydrogens is 216 g/mol. The third-order valence-corrected chi connectivity index (χ3v) is 2.54. The minimum absolute atomic E-state index is 0.224. The number of imidazole rings is 1. The summed E-state index contributed by atoms with van der Waals surface area (Å²) in [6.45, 7) is 2.03. The van der Waals surface area contributed by atoms with Gasteiger partial charge in [0.05, 0.1) is 6.61 Å². The van der Waals surface area contributed by atoms with Crippen LogP contribution in [0, 0.1) is 0 Å². The third-order valence-electron chi connectivity index (χ3n) is 1.87. The second-order valence-electron chi connectivity index (χ2n) is 2.73. The third kappa shape index (κ3) is 2.20. The molecule has 0 radical (unpaired) electrons. The minimum atomic E-state index is -0.454. The summed E-state index contributed by atoms with van der Waals surface area (Å²) < 4.78 is 6.32. The average molecular weight is 228 g/mol. The van der Waals surface area contributed by atoms with Crippen molar-refractivity contribution in [3.63, 3.8) is 0 Å². The van der Waals surface area contributed by atoms with Crippen molar-refractivity contribution in [3.8, 4) is 0 Å². The zero-order valence-corrected chi connectivity index (χ0v) is 9.63. The molecule has 0 spiro atoms. The van der Waals surface area contributed by atoms with E-state index in [1.807, 2.05) is 0 Å². The predicted molar refractivity (Wildman–Crippen MR) is 56.3 cm³/mol. The largest absolute Gasteiger partial charge is 0.461 e. The van der Waals surface area contributed by atoms with Gasteiger partial charge in [0.2, 0.25) is 0 Å². The molecule has 0 aliphatic rings. The van der Waals surface area contributed by atoms with Crippen LogP contribution in [0.25, 0.3) is 0 Å². The Labute approximate surface area is 91.8 Å². The van der Waals surface area contributed by atoms with Gasteiger partial charge in [-0.2, -0.15) is 0 Å². The molecule has 0 amide bonds. The van der Waals surface area contributed by atoms with Crippen molar-refractivity contribution in [3.05, 3.63) is 11.5 Å². The van der Waals surface area contributed by atoms with Crippen molar-refractivity contribution >= 4 is 24.0 Å². The lowest BCUT2D eigenvalue weighted by molar-refractivity contribution is 0.0510. The van der Waals surface area contributed by atoms with Crippen LogP contribution in [0.15, 0.2) is 5.03 Å². The second kappa shape index (κ2) is 4.97. The molecule has 0 fully saturated rings. The van der Waals surface area contributed by atoms with E-state index in [1.165, 1.54) is 16.3 Å². The number of thioether (sulfide) groups is 1. The lowest BCUT2D eigenvalue weighted by Gasteiger charge is -2.03. The molecular formula is C9H12N2O3S. The SMILES string of the molecule is CCOC(=O)c1c(SC)nc(C=O)n1C. The van der Waals surface area contributed by atoms with Crippen LogP contribution in [-0.4, -0.2) is 34.7 Å². The molecule has 1 heterocycles. The van der Waals surface area contributed by atoms with E-state index in [4.69, 9.17) is 4.74 Å². The molecule has 1 aromatic heterocycles. The molecule has 0 saturated carbocycles. The summed E-state index contributed by atoms with van der Waals surface area (Å²) in [5.74, 6) is -0.229. The first kappa shape index (κ1) is 11.8. The maximum Gasteiger partial charge on any atom is 0.357 e. The van der Waals surface area contributed by atoms with Crippen LogP contribution in [0.4, 0.5) is 0 Å². The molecule has 0 N–H and O–H groups in total. The van der Waals surface area contributed by atoms with E-state index in [2.05, 4.69) is 4.98 Å². The van der Waals surface area contributed by atoms with Crippen LogP contribution in [0.2, 0.25) is 0 Å². The standard InChI is InChI=1S/C9H12N2O3S/c1-4-14-9(13)7-8(15-3)10-6(5-12)11(7)2/h5H,4H2,1-3H3. The summed E-state index contributed by atoms with van der Waals surface area (Å²) in [5, 5.41) is 0.512. The van der Waals surface area contributed by atoms with E-state index in [9.17, 15) is 9.59 Å². The number of hydrogen-bond acceptors (Lipinski definition) is 5. The van der Waals surface area contributed by atoms with Gasteiger partial charge in [-0.25, -0.2) is 9.78 Å². The molecule has 0 aliphatic carbocycles. The molecule has 0 aliphatic heterocycles. The van der Waals surface area contributed by atoms with Gasteiger partial charge in [0.15, 0.2) is 17.8 Å². The zero-order chi connectivity index (χ0) is 11.4. The zero-order valence-electron chi connectivity index (χ0n) is 8.81. The number of carbonyl (C=O) groups is 2. The summed E-state index contributed by atoms with van der Waals surface area (Å²) in [7, 11) is 1.61. The topological polar surface area (TPSA) is 61.2 Å². The second-order valence-corrected chi connectivity index (χ2v) is 3.52. The molecule has 15 heavy (non-hydrogen) atoms. The van der Waals surface area contributed by atoms with Gasteiger partial charge in [0.1, 0.15) is 5.03 Å². The van der Waals surface area contributed by atoms with Gasteiger partial charge in [-0.3, -0.25) is 4.79 Å². The van der Waals surface area contributed by atoms with Gasteiger partial charge < -0.3 is 9.30 Å². The average Bonchev–Trinajstić information content (AvgIpc) is 2.55. The van der Waals surface area contributed by atoms with Crippen molar-refractivity contribution in [1.82, 2.24) is 9.55 Å². The van der Waals surface area contributed by atoms with Gasteiger partial charge >= 0.3 is 5.97 Å². The first-order valence-electron chi connectivity index (χ1n) is 4.38. The molecule has 1 rings (SSSR count). The van der Waals surface area contributed by atoms with E-state index in [0.717, 1.165) is 0 Å². The summed E-state index contributed by atoms with van der Waals surface area (Å²) in [6, 6.07) is 0. The molecule has 0 bridgehead atoms. The quantitative estimate of drug-likeness (QED) is 0.439. The molecule has 6 heteroatoms. The van der Waals surface area contributed by atoms with Crippen LogP contribution in [0.5, 0.6) is 0 Å². The highest BCUT2D eigenvalue weighted by Crippen LogP contribution is 2.20. The van der Waals surface area contributed by atoms with Gasteiger partial charge in [0.25, 0.3) is 0 Å². The number of carbonyl (C=O) groups excluding carboxylic acids is 2. The van der Waals surface area contributed by atoms with Crippen molar-refractivity contribution in [2.24, 2.45) is 7.05 Å². The summed E-state index contributed by atoms with van der Waals surface area (Å²) in [6.07, 6.45) is 2.40. The summed E-state index contributed by atoms with van der Waals surface area (Å²) in [5.41, 5.74) is 0.325. The van der Waals surface area contributed by atoms with Crippen molar-refractivity contribution in [1.29, 1.82) is 0 Å². The molecule has 0 saturated heterocycles.